The highest BCUT2D eigenvalue weighted by atomic mass is 32.2. The molecular weight excluding hydrogens is 242 g/mol. The molecule has 0 spiro atoms. The molecule has 1 fully saturated rings. The van der Waals surface area contributed by atoms with Crippen molar-refractivity contribution in [3.05, 3.63) is 35.9 Å². The van der Waals surface area contributed by atoms with Crippen LogP contribution in [0.3, 0.4) is 0 Å². The highest BCUT2D eigenvalue weighted by Crippen LogP contribution is 2.34. The van der Waals surface area contributed by atoms with Crippen LogP contribution in [0.2, 0.25) is 0 Å². The molecule has 18 heavy (non-hydrogen) atoms. The van der Waals surface area contributed by atoms with E-state index < -0.39 is 0 Å². The van der Waals surface area contributed by atoms with Crippen LogP contribution in [0, 0.1) is 5.92 Å². The van der Waals surface area contributed by atoms with Gasteiger partial charge in [-0.15, -0.1) is 11.8 Å². The molecule has 3 heteroatoms. The summed E-state index contributed by atoms with van der Waals surface area (Å²) < 4.78 is 0. The molecule has 1 heterocycles. The van der Waals surface area contributed by atoms with Gasteiger partial charge in [-0.1, -0.05) is 57.0 Å². The second-order valence-corrected chi connectivity index (χ2v) is 5.89. The standard InChI is InChI=1S/C15H21NOS/c1-3-13(4-2)15-16(14(17)11-18-15)10-12-8-6-5-7-9-12/h5-9,13,15H,3-4,10-11H2,1-2H3. The fourth-order valence-electron chi connectivity index (χ4n) is 2.51. The van der Waals surface area contributed by atoms with Crippen LogP contribution in [0.15, 0.2) is 30.3 Å². The minimum absolute atomic E-state index is 0.292. The average Bonchev–Trinajstić information content (AvgIpc) is 2.75. The topological polar surface area (TPSA) is 20.3 Å². The van der Waals surface area contributed by atoms with Crippen molar-refractivity contribution in [1.29, 1.82) is 0 Å². The van der Waals surface area contributed by atoms with Gasteiger partial charge in [-0.3, -0.25) is 4.79 Å². The van der Waals surface area contributed by atoms with Crippen LogP contribution in [0.5, 0.6) is 0 Å². The second kappa shape index (κ2) is 6.28. The van der Waals surface area contributed by atoms with Crippen molar-refractivity contribution >= 4 is 17.7 Å². The molecule has 0 N–H and O–H groups in total. The van der Waals surface area contributed by atoms with Crippen molar-refractivity contribution in [2.45, 2.75) is 38.6 Å². The molecule has 0 radical (unpaired) electrons. The Hall–Kier alpha value is -0.960. The minimum atomic E-state index is 0.292. The predicted molar refractivity (Wildman–Crippen MR) is 77.3 cm³/mol. The van der Waals surface area contributed by atoms with Crippen LogP contribution in [0.25, 0.3) is 0 Å². The minimum Gasteiger partial charge on any atom is -0.325 e. The Kier molecular flexibility index (Phi) is 4.70. The first-order chi connectivity index (χ1) is 8.76. The van der Waals surface area contributed by atoms with Gasteiger partial charge in [0.05, 0.1) is 11.1 Å². The van der Waals surface area contributed by atoms with Gasteiger partial charge in [0.2, 0.25) is 5.91 Å². The van der Waals surface area contributed by atoms with E-state index in [0.29, 0.717) is 23.0 Å². The summed E-state index contributed by atoms with van der Waals surface area (Å²) in [6.07, 6.45) is 2.29. The monoisotopic (exact) mass is 263 g/mol. The lowest BCUT2D eigenvalue weighted by atomic mass is 10.0. The summed E-state index contributed by atoms with van der Waals surface area (Å²) in [5, 5.41) is 0.368. The molecule has 1 saturated heterocycles. The van der Waals surface area contributed by atoms with Crippen molar-refractivity contribution in [1.82, 2.24) is 4.90 Å². The van der Waals surface area contributed by atoms with E-state index in [2.05, 4.69) is 30.9 Å². The molecule has 1 aliphatic heterocycles. The highest BCUT2D eigenvalue weighted by Gasteiger charge is 2.35. The summed E-state index contributed by atoms with van der Waals surface area (Å²) >= 11 is 1.81. The van der Waals surface area contributed by atoms with E-state index in [1.165, 1.54) is 5.56 Å². The van der Waals surface area contributed by atoms with E-state index in [-0.39, 0.29) is 0 Å². The first kappa shape index (κ1) is 13.5. The predicted octanol–water partition coefficient (Wildman–Crippen LogP) is 3.52. The van der Waals surface area contributed by atoms with Crippen LogP contribution >= 0.6 is 11.8 Å². The SMILES string of the molecule is CCC(CC)C1SCC(=O)N1Cc1ccccc1. The van der Waals surface area contributed by atoms with Crippen LogP contribution < -0.4 is 0 Å². The number of hydrogen-bond acceptors (Lipinski definition) is 2. The lowest BCUT2D eigenvalue weighted by molar-refractivity contribution is -0.129. The second-order valence-electron chi connectivity index (χ2n) is 4.79. The normalized spacial score (nSPS) is 19.8. The van der Waals surface area contributed by atoms with Gasteiger partial charge >= 0.3 is 0 Å². The Morgan fingerprint density at radius 3 is 2.56 bits per heavy atom. The molecule has 1 aliphatic rings. The Labute approximate surface area is 114 Å². The third kappa shape index (κ3) is 2.89. The number of benzene rings is 1. The number of nitrogens with zero attached hydrogens (tertiary/aromatic N) is 1. The third-order valence-corrected chi connectivity index (χ3v) is 5.05. The number of carbonyl (C=O) groups excluding carboxylic acids is 1. The van der Waals surface area contributed by atoms with Gasteiger partial charge in [0.1, 0.15) is 0 Å². The lowest BCUT2D eigenvalue weighted by Crippen LogP contribution is -2.36. The van der Waals surface area contributed by atoms with Gasteiger partial charge in [0.25, 0.3) is 0 Å². The molecule has 1 unspecified atom stereocenters. The fourth-order valence-corrected chi connectivity index (χ4v) is 4.02. The van der Waals surface area contributed by atoms with Crippen molar-refractivity contribution in [3.8, 4) is 0 Å². The molecule has 0 aliphatic carbocycles. The summed E-state index contributed by atoms with van der Waals surface area (Å²) in [4.78, 5) is 14.1. The summed E-state index contributed by atoms with van der Waals surface area (Å²) in [7, 11) is 0. The van der Waals surface area contributed by atoms with Crippen LogP contribution in [0.1, 0.15) is 32.3 Å². The van der Waals surface area contributed by atoms with E-state index in [9.17, 15) is 4.79 Å². The Balaban J connectivity index is 2.10. The zero-order chi connectivity index (χ0) is 13.0. The Morgan fingerprint density at radius 1 is 1.28 bits per heavy atom. The zero-order valence-corrected chi connectivity index (χ0v) is 12.0. The van der Waals surface area contributed by atoms with Gasteiger partial charge in [-0.05, 0) is 11.5 Å². The van der Waals surface area contributed by atoms with E-state index in [1.54, 1.807) is 0 Å². The van der Waals surface area contributed by atoms with E-state index in [0.717, 1.165) is 19.4 Å². The fraction of sp³-hybridized carbons (Fsp3) is 0.533. The summed E-state index contributed by atoms with van der Waals surface area (Å²) in [6, 6.07) is 10.3. The van der Waals surface area contributed by atoms with Gasteiger partial charge in [0, 0.05) is 6.54 Å². The molecule has 0 aromatic heterocycles. The van der Waals surface area contributed by atoms with E-state index in [4.69, 9.17) is 0 Å². The molecule has 1 atom stereocenters. The van der Waals surface area contributed by atoms with E-state index >= 15 is 0 Å². The third-order valence-electron chi connectivity index (χ3n) is 3.65. The molecule has 2 rings (SSSR count). The Morgan fingerprint density at radius 2 is 1.94 bits per heavy atom. The summed E-state index contributed by atoms with van der Waals surface area (Å²) in [6.45, 7) is 5.20. The molecule has 1 aromatic rings. The van der Waals surface area contributed by atoms with Crippen LogP contribution in [-0.2, 0) is 11.3 Å². The maximum Gasteiger partial charge on any atom is 0.233 e. The molecule has 1 aromatic carbocycles. The molecule has 98 valence electrons. The van der Waals surface area contributed by atoms with Crippen molar-refractivity contribution in [2.24, 2.45) is 5.92 Å². The van der Waals surface area contributed by atoms with Crippen molar-refractivity contribution in [2.75, 3.05) is 5.75 Å². The van der Waals surface area contributed by atoms with Crippen LogP contribution in [-0.4, -0.2) is 21.9 Å². The largest absolute Gasteiger partial charge is 0.325 e. The summed E-state index contributed by atoms with van der Waals surface area (Å²) in [5.74, 6) is 1.56. The van der Waals surface area contributed by atoms with Gasteiger partial charge < -0.3 is 4.90 Å². The maximum atomic E-state index is 12.0. The number of thioether (sulfide) groups is 1. The smallest absolute Gasteiger partial charge is 0.233 e. The van der Waals surface area contributed by atoms with Gasteiger partial charge in [-0.25, -0.2) is 0 Å². The summed E-state index contributed by atoms with van der Waals surface area (Å²) in [5.41, 5.74) is 1.23. The number of hydrogen-bond donors (Lipinski definition) is 0. The Bertz CT molecular complexity index is 389. The molecule has 0 bridgehead atoms. The first-order valence-electron chi connectivity index (χ1n) is 6.71. The average molecular weight is 263 g/mol. The number of carbonyl (C=O) groups is 1. The van der Waals surface area contributed by atoms with Crippen molar-refractivity contribution in [3.63, 3.8) is 0 Å². The quantitative estimate of drug-likeness (QED) is 0.810. The number of rotatable bonds is 5. The van der Waals surface area contributed by atoms with Crippen LogP contribution in [0.4, 0.5) is 0 Å². The first-order valence-corrected chi connectivity index (χ1v) is 7.76. The van der Waals surface area contributed by atoms with Crippen molar-refractivity contribution < 1.29 is 4.79 Å². The molecule has 0 saturated carbocycles. The van der Waals surface area contributed by atoms with E-state index in [1.807, 2.05) is 30.0 Å². The number of amides is 1. The zero-order valence-electron chi connectivity index (χ0n) is 11.1. The molecule has 1 amide bonds. The highest BCUT2D eigenvalue weighted by molar-refractivity contribution is 8.01. The van der Waals surface area contributed by atoms with Gasteiger partial charge in [0.15, 0.2) is 0 Å². The molecular formula is C15H21NOS. The molecule has 2 nitrogen and oxygen atoms in total. The van der Waals surface area contributed by atoms with Gasteiger partial charge in [-0.2, -0.15) is 0 Å². The maximum absolute atomic E-state index is 12.0. The lowest BCUT2D eigenvalue weighted by Gasteiger charge is -2.29.